The second-order valence-corrected chi connectivity index (χ2v) is 5.05. The van der Waals surface area contributed by atoms with Crippen LogP contribution in [0.25, 0.3) is 0 Å². The molecule has 2 rings (SSSR count). The van der Waals surface area contributed by atoms with Crippen LogP contribution in [0.15, 0.2) is 18.2 Å². The summed E-state index contributed by atoms with van der Waals surface area (Å²) in [5.41, 5.74) is 1.98. The number of morpholine rings is 1. The standard InChI is InChI=1S/C15H22N2O3/c1-12-2-3-14(18)13(10-12)11-16-5-4-15(19)17-6-8-20-9-7-17/h2-3,10,16,18H,4-9,11H2,1H3. The summed E-state index contributed by atoms with van der Waals surface area (Å²) in [6.07, 6.45) is 0.479. The number of rotatable bonds is 5. The van der Waals surface area contributed by atoms with E-state index in [0.29, 0.717) is 51.6 Å². The predicted octanol–water partition coefficient (Wildman–Crippen LogP) is 1.04. The summed E-state index contributed by atoms with van der Waals surface area (Å²) in [5.74, 6) is 0.455. The molecule has 110 valence electrons. The highest BCUT2D eigenvalue weighted by Crippen LogP contribution is 2.17. The van der Waals surface area contributed by atoms with E-state index in [1.165, 1.54) is 0 Å². The van der Waals surface area contributed by atoms with E-state index in [9.17, 15) is 9.90 Å². The molecule has 0 bridgehead atoms. The third-order valence-electron chi connectivity index (χ3n) is 3.43. The summed E-state index contributed by atoms with van der Waals surface area (Å²) < 4.78 is 5.22. The number of phenolic OH excluding ortho intramolecular Hbond substituents is 1. The van der Waals surface area contributed by atoms with E-state index < -0.39 is 0 Å². The molecule has 0 atom stereocenters. The molecule has 0 spiro atoms. The van der Waals surface area contributed by atoms with Crippen LogP contribution in [0.1, 0.15) is 17.5 Å². The third kappa shape index (κ3) is 4.21. The Hall–Kier alpha value is -1.59. The van der Waals surface area contributed by atoms with E-state index in [-0.39, 0.29) is 5.91 Å². The van der Waals surface area contributed by atoms with E-state index in [2.05, 4.69) is 5.32 Å². The molecule has 0 aliphatic carbocycles. The predicted molar refractivity (Wildman–Crippen MR) is 76.6 cm³/mol. The minimum atomic E-state index is 0.161. The van der Waals surface area contributed by atoms with Gasteiger partial charge in [0, 0.05) is 38.2 Å². The summed E-state index contributed by atoms with van der Waals surface area (Å²) in [6, 6.07) is 5.53. The molecule has 1 amide bonds. The van der Waals surface area contributed by atoms with Crippen LogP contribution in [0.5, 0.6) is 5.75 Å². The number of carbonyl (C=O) groups excluding carboxylic acids is 1. The molecule has 20 heavy (non-hydrogen) atoms. The first-order chi connectivity index (χ1) is 9.66. The number of benzene rings is 1. The molecule has 0 radical (unpaired) electrons. The molecule has 1 heterocycles. The van der Waals surface area contributed by atoms with Crippen molar-refractivity contribution < 1.29 is 14.6 Å². The van der Waals surface area contributed by atoms with E-state index in [1.807, 2.05) is 24.0 Å². The van der Waals surface area contributed by atoms with Crippen molar-refractivity contribution in [1.29, 1.82) is 0 Å². The van der Waals surface area contributed by atoms with Crippen LogP contribution in [-0.2, 0) is 16.1 Å². The van der Waals surface area contributed by atoms with Gasteiger partial charge in [0.2, 0.25) is 5.91 Å². The van der Waals surface area contributed by atoms with Crippen molar-refractivity contribution in [3.05, 3.63) is 29.3 Å². The van der Waals surface area contributed by atoms with Crippen molar-refractivity contribution in [3.8, 4) is 5.75 Å². The van der Waals surface area contributed by atoms with E-state index in [4.69, 9.17) is 4.74 Å². The molecule has 0 saturated carbocycles. The second kappa shape index (κ2) is 7.26. The van der Waals surface area contributed by atoms with Crippen molar-refractivity contribution in [2.45, 2.75) is 19.9 Å². The molecule has 1 aromatic rings. The summed E-state index contributed by atoms with van der Waals surface area (Å²) in [5, 5.41) is 12.9. The number of aromatic hydroxyl groups is 1. The Balaban J connectivity index is 1.70. The molecule has 1 aliphatic heterocycles. The number of aryl methyl sites for hydroxylation is 1. The van der Waals surface area contributed by atoms with Crippen molar-refractivity contribution >= 4 is 5.91 Å². The Bertz CT molecular complexity index is 456. The quantitative estimate of drug-likeness (QED) is 0.790. The fourth-order valence-corrected chi connectivity index (χ4v) is 2.25. The Morgan fingerprint density at radius 2 is 2.15 bits per heavy atom. The van der Waals surface area contributed by atoms with Crippen LogP contribution >= 0.6 is 0 Å². The van der Waals surface area contributed by atoms with Gasteiger partial charge in [-0.25, -0.2) is 0 Å². The zero-order chi connectivity index (χ0) is 14.4. The van der Waals surface area contributed by atoms with Crippen LogP contribution in [-0.4, -0.2) is 48.8 Å². The lowest BCUT2D eigenvalue weighted by molar-refractivity contribution is -0.135. The van der Waals surface area contributed by atoms with Gasteiger partial charge in [-0.15, -0.1) is 0 Å². The first-order valence-electron chi connectivity index (χ1n) is 7.01. The summed E-state index contributed by atoms with van der Waals surface area (Å²) >= 11 is 0. The molecular formula is C15H22N2O3. The molecule has 1 aromatic carbocycles. The average Bonchev–Trinajstić information content (AvgIpc) is 2.47. The number of carbonyl (C=O) groups is 1. The molecule has 1 aliphatic rings. The van der Waals surface area contributed by atoms with Crippen molar-refractivity contribution in [2.75, 3.05) is 32.8 Å². The highest BCUT2D eigenvalue weighted by atomic mass is 16.5. The zero-order valence-electron chi connectivity index (χ0n) is 11.9. The molecule has 5 heteroatoms. The van der Waals surface area contributed by atoms with Crippen LogP contribution in [0.4, 0.5) is 0 Å². The fourth-order valence-electron chi connectivity index (χ4n) is 2.25. The summed E-state index contributed by atoms with van der Waals surface area (Å²) in [6.45, 7) is 5.83. The van der Waals surface area contributed by atoms with Gasteiger partial charge in [-0.3, -0.25) is 4.79 Å². The molecule has 2 N–H and O–H groups in total. The van der Waals surface area contributed by atoms with Gasteiger partial charge in [-0.1, -0.05) is 17.7 Å². The van der Waals surface area contributed by atoms with E-state index in [0.717, 1.165) is 11.1 Å². The van der Waals surface area contributed by atoms with Gasteiger partial charge >= 0.3 is 0 Å². The maximum Gasteiger partial charge on any atom is 0.224 e. The fraction of sp³-hybridized carbons (Fsp3) is 0.533. The molecule has 0 aromatic heterocycles. The van der Waals surface area contributed by atoms with Gasteiger partial charge in [0.1, 0.15) is 5.75 Å². The summed E-state index contributed by atoms with van der Waals surface area (Å²) in [7, 11) is 0. The lowest BCUT2D eigenvalue weighted by Gasteiger charge is -2.26. The Labute approximate surface area is 119 Å². The highest BCUT2D eigenvalue weighted by molar-refractivity contribution is 5.76. The van der Waals surface area contributed by atoms with Gasteiger partial charge < -0.3 is 20.1 Å². The number of hydrogen-bond donors (Lipinski definition) is 2. The largest absolute Gasteiger partial charge is 0.508 e. The third-order valence-corrected chi connectivity index (χ3v) is 3.43. The smallest absolute Gasteiger partial charge is 0.224 e. The number of phenols is 1. The van der Waals surface area contributed by atoms with Crippen molar-refractivity contribution in [3.63, 3.8) is 0 Å². The lowest BCUT2D eigenvalue weighted by atomic mass is 10.1. The normalized spacial score (nSPS) is 15.3. The van der Waals surface area contributed by atoms with E-state index in [1.54, 1.807) is 6.07 Å². The molecule has 1 fully saturated rings. The first kappa shape index (κ1) is 14.8. The minimum Gasteiger partial charge on any atom is -0.508 e. The minimum absolute atomic E-state index is 0.161. The van der Waals surface area contributed by atoms with Crippen LogP contribution < -0.4 is 5.32 Å². The van der Waals surface area contributed by atoms with Gasteiger partial charge in [0.15, 0.2) is 0 Å². The summed E-state index contributed by atoms with van der Waals surface area (Å²) in [4.78, 5) is 13.8. The maximum absolute atomic E-state index is 11.9. The number of nitrogens with one attached hydrogen (secondary N) is 1. The number of hydrogen-bond acceptors (Lipinski definition) is 4. The number of nitrogens with zero attached hydrogens (tertiary/aromatic N) is 1. The van der Waals surface area contributed by atoms with Crippen molar-refractivity contribution in [1.82, 2.24) is 10.2 Å². The Morgan fingerprint density at radius 1 is 1.40 bits per heavy atom. The van der Waals surface area contributed by atoms with E-state index >= 15 is 0 Å². The number of amides is 1. The molecular weight excluding hydrogens is 256 g/mol. The first-order valence-corrected chi connectivity index (χ1v) is 7.01. The SMILES string of the molecule is Cc1ccc(O)c(CNCCC(=O)N2CCOCC2)c1. The van der Waals surface area contributed by atoms with Crippen molar-refractivity contribution in [2.24, 2.45) is 0 Å². The molecule has 0 unspecified atom stereocenters. The topological polar surface area (TPSA) is 61.8 Å². The maximum atomic E-state index is 11.9. The van der Waals surface area contributed by atoms with Gasteiger partial charge in [0.25, 0.3) is 0 Å². The molecule has 5 nitrogen and oxygen atoms in total. The number of ether oxygens (including phenoxy) is 1. The van der Waals surface area contributed by atoms with Gasteiger partial charge in [0.05, 0.1) is 13.2 Å². The van der Waals surface area contributed by atoms with Crippen LogP contribution in [0.3, 0.4) is 0 Å². The molecule has 1 saturated heterocycles. The van der Waals surface area contributed by atoms with Crippen LogP contribution in [0.2, 0.25) is 0 Å². The second-order valence-electron chi connectivity index (χ2n) is 5.05. The zero-order valence-corrected chi connectivity index (χ0v) is 11.9. The average molecular weight is 278 g/mol. The van der Waals surface area contributed by atoms with Crippen LogP contribution in [0, 0.1) is 6.92 Å². The monoisotopic (exact) mass is 278 g/mol. The lowest BCUT2D eigenvalue weighted by Crippen LogP contribution is -2.41. The van der Waals surface area contributed by atoms with Gasteiger partial charge in [-0.2, -0.15) is 0 Å². The Morgan fingerprint density at radius 3 is 2.90 bits per heavy atom. The van der Waals surface area contributed by atoms with Gasteiger partial charge in [-0.05, 0) is 13.0 Å². The highest BCUT2D eigenvalue weighted by Gasteiger charge is 2.15. The Kier molecular flexibility index (Phi) is 5.38.